The van der Waals surface area contributed by atoms with Gasteiger partial charge in [-0.1, -0.05) is 125 Å². The topological polar surface area (TPSA) is 248 Å². The van der Waals surface area contributed by atoms with Gasteiger partial charge in [-0.25, -0.2) is 9.97 Å². The van der Waals surface area contributed by atoms with Crippen LogP contribution in [0.2, 0.25) is 5.02 Å². The van der Waals surface area contributed by atoms with Crippen LogP contribution in [0.15, 0.2) is 66.1 Å². The van der Waals surface area contributed by atoms with Crippen LogP contribution in [-0.4, -0.2) is 82.4 Å². The van der Waals surface area contributed by atoms with E-state index in [4.69, 9.17) is 40.0 Å². The van der Waals surface area contributed by atoms with Crippen LogP contribution in [-0.2, 0) is 52.7 Å². The number of esters is 2. The van der Waals surface area contributed by atoms with Crippen LogP contribution in [0.25, 0.3) is 23.2 Å². The number of carboxylic acid groups (broad SMARTS) is 2. The van der Waals surface area contributed by atoms with E-state index in [0.29, 0.717) is 90.0 Å². The van der Waals surface area contributed by atoms with Crippen molar-refractivity contribution in [2.75, 3.05) is 0 Å². The zero-order chi connectivity index (χ0) is 75.7. The maximum atomic E-state index is 14.6. The number of pyridine rings is 2. The third-order valence-electron chi connectivity index (χ3n) is 32.6. The number of nitrogens with zero attached hydrogens (tertiary/aromatic N) is 6. The standard InChI is InChI=1S/C86H116BrClN6O11/c1-47(2)50-26-35-85(38-36-81(14)51(69(50)85)19-24-60-79(12)31-29-62(102-66(96)44-75(5,6)73(98)99)76(7,8)58(79)27-33-83(60,81)16)42-64-91-94-72(105-64)55-23-21-53(88)56(90-55)40-78(11,74(100)101)45-67(97)103-63-30-32-80(13)59(77(63,9)10)28-34-84(17)61(80)25-20-52-70-68(48(3)4)57(95)41-86(70,39-37-82(52,84)15)43-65-92-93-71(104-65)54-22-18-49(87)46-89-54/h18,21-23,46-48,51-52,58-63H,19-20,24-45H2,1-17H3,(H,98,99)(H,100,101)/t51-,52-,58+,59+,60-,61-,62+,63+,78?,79+,80+,81-,82-,83-,84-,85-,86+/m1/s1. The van der Waals surface area contributed by atoms with Gasteiger partial charge in [-0.2, -0.15) is 0 Å². The smallest absolute Gasteiger partial charge is 0.310 e. The number of rotatable bonds is 18. The summed E-state index contributed by atoms with van der Waals surface area (Å²) in [5.41, 5.74) is 2.95. The Morgan fingerprint density at radius 2 is 1.10 bits per heavy atom. The van der Waals surface area contributed by atoms with Crippen LogP contribution in [0.4, 0.5) is 0 Å². The number of fused-ring (bicyclic) bond motifs is 14. The molecule has 0 aromatic carbocycles. The minimum atomic E-state index is -1.62. The monoisotopic (exact) mass is 1520 g/mol. The molecule has 1 unspecified atom stereocenters. The van der Waals surface area contributed by atoms with Gasteiger partial charge in [0, 0.05) is 58.0 Å². The predicted octanol–water partition coefficient (Wildman–Crippen LogP) is 19.9. The van der Waals surface area contributed by atoms with Crippen LogP contribution in [0.5, 0.6) is 0 Å². The van der Waals surface area contributed by atoms with Gasteiger partial charge in [-0.05, 0) is 262 Å². The molecule has 10 aliphatic rings. The number of aromatic nitrogens is 6. The number of halogens is 2. The fourth-order valence-electron chi connectivity index (χ4n) is 26.8. The van der Waals surface area contributed by atoms with Crippen molar-refractivity contribution < 1.29 is 52.5 Å². The Labute approximate surface area is 635 Å². The minimum Gasteiger partial charge on any atom is -0.481 e. The fraction of sp³-hybridized carbons (Fsp3) is 0.733. The van der Waals surface area contributed by atoms with Crippen molar-refractivity contribution in [2.45, 2.75) is 284 Å². The van der Waals surface area contributed by atoms with E-state index in [1.165, 1.54) is 5.57 Å². The van der Waals surface area contributed by atoms with Gasteiger partial charge in [0.15, 0.2) is 5.78 Å². The molecule has 0 aliphatic heterocycles. The fourth-order valence-corrected chi connectivity index (χ4v) is 27.2. The Balaban J connectivity index is 0.637. The van der Waals surface area contributed by atoms with E-state index in [1.54, 1.807) is 50.2 Å². The van der Waals surface area contributed by atoms with Gasteiger partial charge in [0.05, 0.1) is 34.4 Å². The highest BCUT2D eigenvalue weighted by molar-refractivity contribution is 9.10. The predicted molar refractivity (Wildman–Crippen MR) is 404 cm³/mol. The number of hydrogen-bond donors (Lipinski definition) is 2. The molecule has 19 heteroatoms. The molecular weight excluding hydrogens is 1410 g/mol. The zero-order valence-corrected chi connectivity index (χ0v) is 68.0. The maximum Gasteiger partial charge on any atom is 0.310 e. The molecule has 0 amide bonds. The SMILES string of the molecule is CC(C)C1=C2[C@H]3CC[C@@H]4[C@@]5(C)CC[C@H](OC(=O)CC(C)(C)C(=O)O)C(C)(C)[C@@H]5CC[C@@]4(C)[C@]3(C)CC[C@@]2(Cc2nnc(-c3ccc(Cl)c(CC(C)(CC(=O)O[C@H]4CC[C@]5(C)[C@H]6CC[C@@H]7C8=C(C(C)C)C(=O)C[C@]8(Cc8nnc(-c9ccc(Br)cn9)o8)CC[C@@]7(C)[C@]6(C)CC[C@H]5C4(C)C)C(=O)O)n3)o2)CC1. The number of ketones is 1. The van der Waals surface area contributed by atoms with Crippen molar-refractivity contribution in [2.24, 2.45) is 112 Å². The average Bonchev–Trinajstić information content (AvgIpc) is 1.64. The van der Waals surface area contributed by atoms with Crippen LogP contribution < -0.4 is 0 Å². The zero-order valence-electron chi connectivity index (χ0n) is 65.6. The van der Waals surface area contributed by atoms with Crippen molar-refractivity contribution in [3.63, 3.8) is 0 Å². The molecule has 2 N–H and O–H groups in total. The molecular formula is C86H116BrClN6O11. The lowest BCUT2D eigenvalue weighted by Gasteiger charge is -2.72. The number of carbonyl (C=O) groups excluding carboxylic acids is 3. The highest BCUT2D eigenvalue weighted by Gasteiger charge is 2.73. The van der Waals surface area contributed by atoms with Crippen molar-refractivity contribution in [3.05, 3.63) is 79.7 Å². The van der Waals surface area contributed by atoms with Crippen LogP contribution in [0.1, 0.15) is 270 Å². The van der Waals surface area contributed by atoms with Crippen LogP contribution in [0, 0.1) is 112 Å². The van der Waals surface area contributed by atoms with Gasteiger partial charge in [0.2, 0.25) is 11.8 Å². The molecule has 4 heterocycles. The summed E-state index contributed by atoms with van der Waals surface area (Å²) in [6.07, 6.45) is 19.8. The number of carbonyl (C=O) groups is 5. The molecule has 105 heavy (non-hydrogen) atoms. The second-order valence-electron chi connectivity index (χ2n) is 39.6. The van der Waals surface area contributed by atoms with Crippen molar-refractivity contribution in [3.8, 4) is 23.2 Å². The quantitative estimate of drug-likeness (QED) is 0.0694. The Hall–Kier alpha value is -5.62. The maximum absolute atomic E-state index is 14.6. The molecule has 0 radical (unpaired) electrons. The molecule has 0 spiro atoms. The van der Waals surface area contributed by atoms with E-state index in [2.05, 4.69) is 133 Å². The first-order chi connectivity index (χ1) is 49.0. The van der Waals surface area contributed by atoms with E-state index >= 15 is 0 Å². The second kappa shape index (κ2) is 26.0. The number of hydrogen-bond acceptors (Lipinski definition) is 15. The Morgan fingerprint density at radius 1 is 0.581 bits per heavy atom. The second-order valence-corrected chi connectivity index (χ2v) is 40.9. The molecule has 10 aliphatic carbocycles. The molecule has 0 saturated heterocycles. The van der Waals surface area contributed by atoms with E-state index < -0.39 is 46.2 Å². The van der Waals surface area contributed by atoms with Crippen LogP contribution >= 0.6 is 27.5 Å². The van der Waals surface area contributed by atoms with E-state index in [1.807, 2.05) is 12.1 Å². The lowest BCUT2D eigenvalue weighted by atomic mass is 9.33. The van der Waals surface area contributed by atoms with Crippen molar-refractivity contribution in [1.82, 2.24) is 30.4 Å². The van der Waals surface area contributed by atoms with Gasteiger partial charge < -0.3 is 28.5 Å². The summed E-state index contributed by atoms with van der Waals surface area (Å²) in [4.78, 5) is 77.5. The molecule has 8 fully saturated rings. The summed E-state index contributed by atoms with van der Waals surface area (Å²) in [6.45, 7) is 38.4. The Morgan fingerprint density at radius 3 is 1.61 bits per heavy atom. The van der Waals surface area contributed by atoms with E-state index in [-0.39, 0.29) is 109 Å². The van der Waals surface area contributed by atoms with Gasteiger partial charge in [0.25, 0.3) is 11.8 Å². The molecule has 14 rings (SSSR count). The van der Waals surface area contributed by atoms with Crippen LogP contribution in [0.3, 0.4) is 0 Å². The van der Waals surface area contributed by atoms with Gasteiger partial charge in [-0.3, -0.25) is 24.0 Å². The highest BCUT2D eigenvalue weighted by Crippen LogP contribution is 2.80. The Bertz CT molecular complexity index is 4230. The van der Waals surface area contributed by atoms with Gasteiger partial charge >= 0.3 is 23.9 Å². The molecule has 4 aromatic heterocycles. The molecule has 17 nitrogen and oxygen atoms in total. The van der Waals surface area contributed by atoms with Gasteiger partial charge in [0.1, 0.15) is 23.6 Å². The van der Waals surface area contributed by atoms with E-state index in [9.17, 15) is 34.2 Å². The molecule has 8 saturated carbocycles. The summed E-state index contributed by atoms with van der Waals surface area (Å²) in [7, 11) is 0. The summed E-state index contributed by atoms with van der Waals surface area (Å²) >= 11 is 10.4. The van der Waals surface area contributed by atoms with Crippen molar-refractivity contribution >= 4 is 57.2 Å². The van der Waals surface area contributed by atoms with E-state index in [0.717, 1.165) is 119 Å². The first-order valence-electron chi connectivity index (χ1n) is 39.8. The first-order valence-corrected chi connectivity index (χ1v) is 41.0. The van der Waals surface area contributed by atoms with Gasteiger partial charge in [-0.15, -0.1) is 20.4 Å². The third-order valence-corrected chi connectivity index (χ3v) is 33.4. The largest absolute Gasteiger partial charge is 0.481 e. The summed E-state index contributed by atoms with van der Waals surface area (Å²) in [5, 5.41) is 39.6. The summed E-state index contributed by atoms with van der Waals surface area (Å²) in [5.74, 6) is 1.48. The average molecular weight is 1530 g/mol. The number of Topliss-reactive ketones (excluding diaryl/α,β-unsaturated/α-hetero) is 1. The first kappa shape index (κ1) is 76.2. The highest BCUT2D eigenvalue weighted by atomic mass is 79.9. The summed E-state index contributed by atoms with van der Waals surface area (Å²) in [6, 6.07) is 7.22. The Kier molecular flexibility index (Phi) is 18.9. The minimum absolute atomic E-state index is 0.0242. The number of allylic oxidation sites excluding steroid dienone is 4. The molecule has 4 aromatic rings. The lowest BCUT2D eigenvalue weighted by Crippen LogP contribution is -2.65. The summed E-state index contributed by atoms with van der Waals surface area (Å²) < 4.78 is 26.8. The van der Waals surface area contributed by atoms with Crippen molar-refractivity contribution in [1.29, 1.82) is 0 Å². The number of ether oxygens (including phenoxy) is 2. The number of aliphatic carboxylic acids is 2. The molecule has 17 atom stereocenters. The normalized spacial score (nSPS) is 37.2. The number of carboxylic acids is 2. The molecule has 570 valence electrons. The third kappa shape index (κ3) is 11.9. The molecule has 0 bridgehead atoms. The lowest BCUT2D eigenvalue weighted by molar-refractivity contribution is -0.233.